The minimum Gasteiger partial charge on any atom is -0.394 e. The molecule has 3 heterocycles. The number of cyclic esters (lactones) is 2. The van der Waals surface area contributed by atoms with Crippen LogP contribution in [0.4, 0.5) is 0 Å². The lowest BCUT2D eigenvalue weighted by atomic mass is 9.90. The van der Waals surface area contributed by atoms with E-state index in [1.54, 1.807) is 6.92 Å². The van der Waals surface area contributed by atoms with Crippen molar-refractivity contribution in [2.24, 2.45) is 23.3 Å². The molecule has 12 atom stereocenters. The van der Waals surface area contributed by atoms with E-state index < -0.39 is 86.1 Å². The first-order chi connectivity index (χ1) is 16.5. The van der Waals surface area contributed by atoms with Crippen molar-refractivity contribution < 1.29 is 58.8 Å². The Kier molecular flexibility index (Phi) is 11.4. The Bertz CT molecular complexity index is 691. The first-order valence-corrected chi connectivity index (χ1v) is 11.5. The minimum atomic E-state index is -1.38. The average molecular weight is 511 g/mol. The number of carbonyl (C=O) groups excluding carboxylic acids is 2. The second-order valence-electron chi connectivity index (χ2n) is 8.83. The number of rotatable bonds is 7. The lowest BCUT2D eigenvalue weighted by molar-refractivity contribution is -0.305. The van der Waals surface area contributed by atoms with E-state index in [-0.39, 0.29) is 18.6 Å². The maximum atomic E-state index is 11.2. The molecule has 0 aromatic heterocycles. The molecule has 0 bridgehead atoms. The zero-order valence-electron chi connectivity index (χ0n) is 20.0. The van der Waals surface area contributed by atoms with Gasteiger partial charge in [0.1, 0.15) is 36.6 Å². The van der Waals surface area contributed by atoms with Gasteiger partial charge in [-0.25, -0.2) is 0 Å². The molecule has 14 heteroatoms. The molecule has 7 unspecified atom stereocenters. The van der Waals surface area contributed by atoms with Gasteiger partial charge in [0, 0.05) is 7.11 Å². The summed E-state index contributed by atoms with van der Waals surface area (Å²) < 4.78 is 25.8. The summed E-state index contributed by atoms with van der Waals surface area (Å²) in [6.45, 7) is 2.71. The van der Waals surface area contributed by atoms with Gasteiger partial charge in [0.05, 0.1) is 49.8 Å². The number of ether oxygens (including phenoxy) is 5. The van der Waals surface area contributed by atoms with Crippen LogP contribution >= 0.6 is 0 Å². The second-order valence-corrected chi connectivity index (χ2v) is 8.83. The summed E-state index contributed by atoms with van der Waals surface area (Å²) in [6, 6.07) is -1.82. The van der Waals surface area contributed by atoms with Gasteiger partial charge in [-0.3, -0.25) is 9.59 Å². The summed E-state index contributed by atoms with van der Waals surface area (Å²) in [7, 11) is 1.54. The van der Waals surface area contributed by atoms with Gasteiger partial charge in [-0.1, -0.05) is 13.8 Å². The molecule has 0 spiro atoms. The Labute approximate surface area is 203 Å². The lowest BCUT2D eigenvalue weighted by Gasteiger charge is -2.45. The van der Waals surface area contributed by atoms with Crippen molar-refractivity contribution in [2.45, 2.75) is 81.4 Å². The Morgan fingerprint density at radius 2 is 1.66 bits per heavy atom. The smallest absolute Gasteiger partial charge is 0.320 e. The summed E-state index contributed by atoms with van der Waals surface area (Å²) in [6.07, 6.45) is -7.52. The molecule has 3 rings (SSSR count). The number of hydrogen-bond acceptors (Lipinski definition) is 14. The summed E-state index contributed by atoms with van der Waals surface area (Å²) in [5.41, 5.74) is 11.4. The van der Waals surface area contributed by atoms with Crippen LogP contribution in [-0.4, -0.2) is 126 Å². The number of carbonyl (C=O) groups is 2. The molecule has 0 aliphatic carbocycles. The highest BCUT2D eigenvalue weighted by molar-refractivity contribution is 5.96. The van der Waals surface area contributed by atoms with Crippen molar-refractivity contribution >= 4 is 11.9 Å². The normalized spacial score (nSPS) is 42.7. The van der Waals surface area contributed by atoms with Gasteiger partial charge in [0.25, 0.3) is 0 Å². The molecule has 204 valence electrons. The summed E-state index contributed by atoms with van der Waals surface area (Å²) >= 11 is 0. The van der Waals surface area contributed by atoms with E-state index in [1.165, 1.54) is 7.11 Å². The van der Waals surface area contributed by atoms with Gasteiger partial charge < -0.3 is 60.7 Å². The quantitative estimate of drug-likeness (QED) is 0.128. The highest BCUT2D eigenvalue weighted by Crippen LogP contribution is 2.29. The van der Waals surface area contributed by atoms with Crippen molar-refractivity contribution in [3.05, 3.63) is 0 Å². The SMILES string of the molecule is CCC(OC)C1C(=O)OC(=O)C1C.NC1[C@H](O[C@H]2C(CO)OCC(N)[C@@H]2O)OC(CO)[C@H](O)[C@H]1O. The zero-order chi connectivity index (χ0) is 26.4. The number of esters is 2. The Morgan fingerprint density at radius 1 is 1.03 bits per heavy atom. The van der Waals surface area contributed by atoms with Crippen molar-refractivity contribution in [3.63, 3.8) is 0 Å². The van der Waals surface area contributed by atoms with Crippen molar-refractivity contribution in [1.29, 1.82) is 0 Å². The molecule has 0 aromatic rings. The Morgan fingerprint density at radius 3 is 2.14 bits per heavy atom. The van der Waals surface area contributed by atoms with Gasteiger partial charge in [0.15, 0.2) is 6.29 Å². The fourth-order valence-electron chi connectivity index (χ4n) is 4.25. The van der Waals surface area contributed by atoms with Crippen molar-refractivity contribution in [1.82, 2.24) is 0 Å². The molecule has 0 saturated carbocycles. The average Bonchev–Trinajstić information content (AvgIpc) is 3.10. The fourth-order valence-corrected chi connectivity index (χ4v) is 4.25. The molecule has 0 radical (unpaired) electrons. The van der Waals surface area contributed by atoms with Crippen molar-refractivity contribution in [2.75, 3.05) is 26.9 Å². The summed E-state index contributed by atoms with van der Waals surface area (Å²) in [5.74, 6) is -1.70. The molecule has 3 aliphatic rings. The predicted octanol–water partition coefficient (Wildman–Crippen LogP) is -4.04. The minimum absolute atomic E-state index is 0.0600. The Hall–Kier alpha value is -1.30. The number of methoxy groups -OCH3 is 1. The third-order valence-corrected chi connectivity index (χ3v) is 6.53. The van der Waals surface area contributed by atoms with E-state index in [0.717, 1.165) is 0 Å². The maximum absolute atomic E-state index is 11.2. The zero-order valence-corrected chi connectivity index (χ0v) is 20.0. The highest BCUT2D eigenvalue weighted by atomic mass is 16.7. The number of hydrogen-bond donors (Lipinski definition) is 7. The molecular formula is C21H38N2O12. The molecule has 3 fully saturated rings. The van der Waals surface area contributed by atoms with Gasteiger partial charge in [-0.05, 0) is 6.42 Å². The van der Waals surface area contributed by atoms with E-state index in [9.17, 15) is 30.0 Å². The second kappa shape index (κ2) is 13.3. The van der Waals surface area contributed by atoms with Crippen LogP contribution in [0.5, 0.6) is 0 Å². The van der Waals surface area contributed by atoms with Crippen LogP contribution in [0.25, 0.3) is 0 Å². The predicted molar refractivity (Wildman–Crippen MR) is 116 cm³/mol. The first kappa shape index (κ1) is 29.9. The molecule has 3 aliphatic heterocycles. The van der Waals surface area contributed by atoms with Crippen LogP contribution in [0, 0.1) is 11.8 Å². The van der Waals surface area contributed by atoms with Gasteiger partial charge in [-0.2, -0.15) is 0 Å². The summed E-state index contributed by atoms with van der Waals surface area (Å²) in [5, 5.41) is 48.1. The van der Waals surface area contributed by atoms with Gasteiger partial charge >= 0.3 is 11.9 Å². The standard InChI is InChI=1S/C12H24N2O8.C9H14O4/c13-4-3-20-6(2-16)11(8(4)17)22-12-7(14)10(19)9(18)5(1-15)21-12;1-4-6(12-3)7-5(2)8(10)13-9(7)11/h4-12,15-19H,1-3,13-14H2;5-7H,4H2,1-3H3/t4?,5?,6?,7?,8-,9-,10-,11-,12-;/m0./s1. The largest absolute Gasteiger partial charge is 0.394 e. The van der Waals surface area contributed by atoms with E-state index in [4.69, 9.17) is 35.5 Å². The van der Waals surface area contributed by atoms with E-state index >= 15 is 0 Å². The Balaban J connectivity index is 0.000000283. The first-order valence-electron chi connectivity index (χ1n) is 11.5. The highest BCUT2D eigenvalue weighted by Gasteiger charge is 2.47. The van der Waals surface area contributed by atoms with E-state index in [1.807, 2.05) is 6.92 Å². The van der Waals surface area contributed by atoms with E-state index in [2.05, 4.69) is 4.74 Å². The third kappa shape index (κ3) is 6.72. The molecule has 0 aromatic carbocycles. The molecule has 0 amide bonds. The fraction of sp³-hybridized carbons (Fsp3) is 0.905. The number of nitrogens with two attached hydrogens (primary N) is 2. The van der Waals surface area contributed by atoms with Crippen LogP contribution in [0.1, 0.15) is 20.3 Å². The van der Waals surface area contributed by atoms with Crippen LogP contribution in [0.15, 0.2) is 0 Å². The molecule has 35 heavy (non-hydrogen) atoms. The van der Waals surface area contributed by atoms with E-state index in [0.29, 0.717) is 6.42 Å². The summed E-state index contributed by atoms with van der Waals surface area (Å²) in [4.78, 5) is 22.3. The van der Waals surface area contributed by atoms with Crippen LogP contribution in [0.3, 0.4) is 0 Å². The molecule has 14 nitrogen and oxygen atoms in total. The maximum Gasteiger partial charge on any atom is 0.320 e. The number of aliphatic hydroxyl groups excluding tert-OH is 5. The van der Waals surface area contributed by atoms with Gasteiger partial charge in [-0.15, -0.1) is 0 Å². The van der Waals surface area contributed by atoms with Crippen LogP contribution < -0.4 is 11.5 Å². The number of aliphatic hydroxyl groups is 5. The molecular weight excluding hydrogens is 472 g/mol. The molecule has 3 saturated heterocycles. The third-order valence-electron chi connectivity index (χ3n) is 6.53. The van der Waals surface area contributed by atoms with Crippen LogP contribution in [0.2, 0.25) is 0 Å². The topological polar surface area (TPSA) is 233 Å². The van der Waals surface area contributed by atoms with Crippen molar-refractivity contribution in [3.8, 4) is 0 Å². The lowest BCUT2D eigenvalue weighted by Crippen LogP contribution is -2.66. The molecule has 9 N–H and O–H groups in total. The monoisotopic (exact) mass is 510 g/mol. The van der Waals surface area contributed by atoms with Crippen LogP contribution in [-0.2, 0) is 33.3 Å². The van der Waals surface area contributed by atoms with Gasteiger partial charge in [0.2, 0.25) is 0 Å².